The van der Waals surface area contributed by atoms with Crippen LogP contribution in [0, 0.1) is 0 Å². The van der Waals surface area contributed by atoms with Crippen molar-refractivity contribution >= 4 is 33.3 Å². The van der Waals surface area contributed by atoms with Gasteiger partial charge in [0.15, 0.2) is 0 Å². The van der Waals surface area contributed by atoms with Gasteiger partial charge in [-0.2, -0.15) is 0 Å². The molecular formula is C14H22BrN3O2S. The largest absolute Gasteiger partial charge is 0.380 e. The lowest BCUT2D eigenvalue weighted by Crippen LogP contribution is -2.51. The van der Waals surface area contributed by atoms with Gasteiger partial charge in [0.25, 0.3) is 0 Å². The van der Waals surface area contributed by atoms with Gasteiger partial charge in [-0.1, -0.05) is 0 Å². The third-order valence-corrected chi connectivity index (χ3v) is 5.00. The second-order valence-corrected chi connectivity index (χ2v) is 7.45. The van der Waals surface area contributed by atoms with Crippen LogP contribution in [0.15, 0.2) is 15.9 Å². The number of hydrogen-bond donors (Lipinski definition) is 1. The molecule has 1 aromatic rings. The third-order valence-electron chi connectivity index (χ3n) is 3.39. The average Bonchev–Trinajstić information content (AvgIpc) is 2.89. The number of nitrogens with zero attached hydrogens (tertiary/aromatic N) is 2. The molecule has 0 atom stereocenters. The summed E-state index contributed by atoms with van der Waals surface area (Å²) in [5, 5.41) is 2.89. The van der Waals surface area contributed by atoms with Crippen LogP contribution in [-0.4, -0.2) is 61.8 Å². The molecule has 5 nitrogen and oxygen atoms in total. The topological polar surface area (TPSA) is 44.8 Å². The highest BCUT2D eigenvalue weighted by Crippen LogP contribution is 2.23. The SMILES string of the molecule is CCOCCNC(=O)N1CCN(Cc2ccc(Br)s2)CC1. The molecule has 0 saturated carbocycles. The Morgan fingerprint density at radius 3 is 2.76 bits per heavy atom. The lowest BCUT2D eigenvalue weighted by atomic mass is 10.3. The average molecular weight is 376 g/mol. The predicted molar refractivity (Wildman–Crippen MR) is 88.8 cm³/mol. The van der Waals surface area contributed by atoms with Gasteiger partial charge in [0.2, 0.25) is 0 Å². The molecule has 21 heavy (non-hydrogen) atoms. The van der Waals surface area contributed by atoms with Crippen LogP contribution < -0.4 is 5.32 Å². The van der Waals surface area contributed by atoms with Crippen LogP contribution in [0.2, 0.25) is 0 Å². The molecule has 118 valence electrons. The Bertz CT molecular complexity index is 447. The number of nitrogens with one attached hydrogen (secondary N) is 1. The standard InChI is InChI=1S/C14H22BrN3O2S/c1-2-20-10-5-16-14(19)18-8-6-17(7-9-18)11-12-3-4-13(15)21-12/h3-4H,2,5-11H2,1H3,(H,16,19). The van der Waals surface area contributed by atoms with Crippen LogP contribution in [-0.2, 0) is 11.3 Å². The first kappa shape index (κ1) is 16.7. The van der Waals surface area contributed by atoms with E-state index < -0.39 is 0 Å². The van der Waals surface area contributed by atoms with Gasteiger partial charge in [-0.15, -0.1) is 11.3 Å². The maximum atomic E-state index is 12.0. The lowest BCUT2D eigenvalue weighted by Gasteiger charge is -2.34. The van der Waals surface area contributed by atoms with Gasteiger partial charge in [-0.05, 0) is 35.0 Å². The Balaban J connectivity index is 1.66. The van der Waals surface area contributed by atoms with E-state index in [9.17, 15) is 4.79 Å². The molecule has 0 radical (unpaired) electrons. The van der Waals surface area contributed by atoms with E-state index in [-0.39, 0.29) is 6.03 Å². The number of carbonyl (C=O) groups excluding carboxylic acids is 1. The number of urea groups is 1. The lowest BCUT2D eigenvalue weighted by molar-refractivity contribution is 0.127. The number of amides is 2. The highest BCUT2D eigenvalue weighted by atomic mass is 79.9. The fraction of sp³-hybridized carbons (Fsp3) is 0.643. The molecule has 1 fully saturated rings. The van der Waals surface area contributed by atoms with Gasteiger partial charge in [0.05, 0.1) is 10.4 Å². The summed E-state index contributed by atoms with van der Waals surface area (Å²) in [6.07, 6.45) is 0. The number of rotatable bonds is 6. The molecule has 7 heteroatoms. The molecule has 1 N–H and O–H groups in total. The summed E-state index contributed by atoms with van der Waals surface area (Å²) in [4.78, 5) is 17.6. The molecule has 0 aromatic carbocycles. The second kappa shape index (κ2) is 8.73. The normalized spacial score (nSPS) is 16.2. The highest BCUT2D eigenvalue weighted by Gasteiger charge is 2.21. The number of thiophene rings is 1. The number of carbonyl (C=O) groups is 1. The number of hydrogen-bond acceptors (Lipinski definition) is 4. The van der Waals surface area contributed by atoms with Crippen LogP contribution in [0.3, 0.4) is 0 Å². The van der Waals surface area contributed by atoms with E-state index in [2.05, 4.69) is 38.3 Å². The summed E-state index contributed by atoms with van der Waals surface area (Å²) in [5.74, 6) is 0. The van der Waals surface area contributed by atoms with Crippen molar-refractivity contribution in [1.82, 2.24) is 15.1 Å². The van der Waals surface area contributed by atoms with Crippen molar-refractivity contribution in [2.45, 2.75) is 13.5 Å². The summed E-state index contributed by atoms with van der Waals surface area (Å²) >= 11 is 5.26. The molecule has 1 saturated heterocycles. The van der Waals surface area contributed by atoms with Crippen molar-refractivity contribution in [2.24, 2.45) is 0 Å². The molecule has 2 amide bonds. The van der Waals surface area contributed by atoms with E-state index in [1.165, 1.54) is 8.66 Å². The Kier molecular flexibility index (Phi) is 6.95. The van der Waals surface area contributed by atoms with Crippen molar-refractivity contribution in [3.05, 3.63) is 20.8 Å². The molecule has 2 rings (SSSR count). The van der Waals surface area contributed by atoms with Gasteiger partial charge in [-0.3, -0.25) is 4.90 Å². The molecule has 0 aliphatic carbocycles. The molecular weight excluding hydrogens is 354 g/mol. The van der Waals surface area contributed by atoms with Crippen LogP contribution in [0.4, 0.5) is 4.79 Å². The van der Waals surface area contributed by atoms with Gasteiger partial charge in [0.1, 0.15) is 0 Å². The van der Waals surface area contributed by atoms with E-state index >= 15 is 0 Å². The van der Waals surface area contributed by atoms with Crippen molar-refractivity contribution < 1.29 is 9.53 Å². The minimum atomic E-state index is 0.0215. The van der Waals surface area contributed by atoms with Gasteiger partial charge >= 0.3 is 6.03 Å². The zero-order valence-corrected chi connectivity index (χ0v) is 14.7. The molecule has 1 aliphatic rings. The first-order valence-corrected chi connectivity index (χ1v) is 8.87. The zero-order chi connectivity index (χ0) is 15.1. The molecule has 1 aliphatic heterocycles. The van der Waals surface area contributed by atoms with E-state index in [0.29, 0.717) is 19.8 Å². The van der Waals surface area contributed by atoms with Gasteiger partial charge < -0.3 is 15.0 Å². The van der Waals surface area contributed by atoms with Crippen LogP contribution in [0.1, 0.15) is 11.8 Å². The highest BCUT2D eigenvalue weighted by molar-refractivity contribution is 9.11. The summed E-state index contributed by atoms with van der Waals surface area (Å²) in [7, 11) is 0. The van der Waals surface area contributed by atoms with Crippen LogP contribution in [0.25, 0.3) is 0 Å². The molecule has 0 spiro atoms. The van der Waals surface area contributed by atoms with Crippen molar-refractivity contribution in [3.63, 3.8) is 0 Å². The number of piperazine rings is 1. The van der Waals surface area contributed by atoms with E-state index in [4.69, 9.17) is 4.74 Å². The minimum Gasteiger partial charge on any atom is -0.380 e. The number of halogens is 1. The fourth-order valence-corrected chi connectivity index (χ4v) is 3.78. The predicted octanol–water partition coefficient (Wildman–Crippen LogP) is 2.37. The van der Waals surface area contributed by atoms with Crippen molar-refractivity contribution in [3.8, 4) is 0 Å². The van der Waals surface area contributed by atoms with Gasteiger partial charge in [0, 0.05) is 50.8 Å². The Morgan fingerprint density at radius 2 is 2.14 bits per heavy atom. The maximum absolute atomic E-state index is 12.0. The second-order valence-electron chi connectivity index (χ2n) is 4.90. The Hall–Kier alpha value is -0.630. The quantitative estimate of drug-likeness (QED) is 0.776. The Labute approximate surface area is 138 Å². The number of ether oxygens (including phenoxy) is 1. The first-order chi connectivity index (χ1) is 10.2. The van der Waals surface area contributed by atoms with Crippen LogP contribution >= 0.6 is 27.3 Å². The monoisotopic (exact) mass is 375 g/mol. The first-order valence-electron chi connectivity index (χ1n) is 7.26. The van der Waals surface area contributed by atoms with Crippen molar-refractivity contribution in [1.29, 1.82) is 0 Å². The van der Waals surface area contributed by atoms with Gasteiger partial charge in [-0.25, -0.2) is 4.79 Å². The van der Waals surface area contributed by atoms with E-state index in [0.717, 1.165) is 32.7 Å². The Morgan fingerprint density at radius 1 is 1.38 bits per heavy atom. The van der Waals surface area contributed by atoms with Crippen molar-refractivity contribution in [2.75, 3.05) is 45.9 Å². The molecule has 1 aromatic heterocycles. The summed E-state index contributed by atoms with van der Waals surface area (Å²) in [5.41, 5.74) is 0. The minimum absolute atomic E-state index is 0.0215. The maximum Gasteiger partial charge on any atom is 0.317 e. The molecule has 0 bridgehead atoms. The van der Waals surface area contributed by atoms with Crippen LogP contribution in [0.5, 0.6) is 0 Å². The van der Waals surface area contributed by atoms with E-state index in [1.54, 1.807) is 11.3 Å². The molecule has 2 heterocycles. The summed E-state index contributed by atoms with van der Waals surface area (Å²) in [6.45, 7) is 8.19. The zero-order valence-electron chi connectivity index (χ0n) is 12.3. The smallest absolute Gasteiger partial charge is 0.317 e. The fourth-order valence-electron chi connectivity index (χ4n) is 2.25. The molecule has 0 unspecified atom stereocenters. The third kappa shape index (κ3) is 5.58. The summed E-state index contributed by atoms with van der Waals surface area (Å²) in [6, 6.07) is 4.26. The van der Waals surface area contributed by atoms with E-state index in [1.807, 2.05) is 11.8 Å². The summed E-state index contributed by atoms with van der Waals surface area (Å²) < 4.78 is 6.38.